The van der Waals surface area contributed by atoms with Crippen LogP contribution in [-0.4, -0.2) is 5.01 Å². The van der Waals surface area contributed by atoms with Crippen LogP contribution in [0.5, 0.6) is 0 Å². The van der Waals surface area contributed by atoms with Gasteiger partial charge in [-0.3, -0.25) is 5.01 Å². The van der Waals surface area contributed by atoms with Crippen molar-refractivity contribution in [3.8, 4) is 0 Å². The zero-order valence-corrected chi connectivity index (χ0v) is 5.39. The molecule has 0 aliphatic rings. The van der Waals surface area contributed by atoms with Crippen LogP contribution in [0.15, 0.2) is 24.6 Å². The van der Waals surface area contributed by atoms with Crippen molar-refractivity contribution in [1.82, 2.24) is 5.01 Å². The predicted octanol–water partition coefficient (Wildman–Crippen LogP) is 1.23. The van der Waals surface area contributed by atoms with Crippen LogP contribution in [-0.2, 0) is 0 Å². The molecule has 0 fully saturated rings. The number of hydrogen-bond acceptors (Lipinski definition) is 2. The predicted molar refractivity (Wildman–Crippen MR) is 35.7 cm³/mol. The van der Waals surface area contributed by atoms with Gasteiger partial charge in [-0.25, -0.2) is 5.84 Å². The average molecular weight is 112 g/mol. The first kappa shape index (κ1) is 7.24. The lowest BCUT2D eigenvalue weighted by Gasteiger charge is -2.10. The highest BCUT2D eigenvalue weighted by Crippen LogP contribution is 1.91. The van der Waals surface area contributed by atoms with E-state index in [9.17, 15) is 0 Å². The number of rotatable bonds is 2. The smallest absolute Gasteiger partial charge is 0.0239 e. The van der Waals surface area contributed by atoms with Gasteiger partial charge in [0.25, 0.3) is 0 Å². The van der Waals surface area contributed by atoms with Crippen LogP contribution in [0.2, 0.25) is 0 Å². The quantitative estimate of drug-likeness (QED) is 0.430. The standard InChI is InChI=1S/C6H12N2/c1-4-5-8(7)6(2)3/h4-5H,2,7H2,1,3H3/b5-4-. The molecule has 0 saturated carbocycles. The molecule has 8 heavy (non-hydrogen) atoms. The first-order chi connectivity index (χ1) is 3.68. The zero-order chi connectivity index (χ0) is 6.57. The van der Waals surface area contributed by atoms with Crippen LogP contribution in [0.25, 0.3) is 0 Å². The van der Waals surface area contributed by atoms with Gasteiger partial charge in [0.05, 0.1) is 0 Å². The molecule has 0 aromatic carbocycles. The summed E-state index contributed by atoms with van der Waals surface area (Å²) in [6.07, 6.45) is 3.61. The fraction of sp³-hybridized carbons (Fsp3) is 0.333. The van der Waals surface area contributed by atoms with Gasteiger partial charge >= 0.3 is 0 Å². The summed E-state index contributed by atoms with van der Waals surface area (Å²) in [6.45, 7) is 7.38. The molecular formula is C6H12N2. The molecule has 46 valence electrons. The Morgan fingerprint density at radius 1 is 1.75 bits per heavy atom. The summed E-state index contributed by atoms with van der Waals surface area (Å²) in [5.41, 5.74) is 0.836. The number of allylic oxidation sites excluding steroid dienone is 2. The van der Waals surface area contributed by atoms with E-state index >= 15 is 0 Å². The van der Waals surface area contributed by atoms with Crippen LogP contribution in [0.3, 0.4) is 0 Å². The number of nitrogens with two attached hydrogens (primary N) is 1. The summed E-state index contributed by atoms with van der Waals surface area (Å²) in [5.74, 6) is 5.37. The van der Waals surface area contributed by atoms with Crippen molar-refractivity contribution in [2.75, 3.05) is 0 Å². The minimum Gasteiger partial charge on any atom is -0.292 e. The van der Waals surface area contributed by atoms with Gasteiger partial charge < -0.3 is 0 Å². The Labute approximate surface area is 50.3 Å². The van der Waals surface area contributed by atoms with E-state index in [1.165, 1.54) is 5.01 Å². The van der Waals surface area contributed by atoms with Crippen molar-refractivity contribution >= 4 is 0 Å². The molecular weight excluding hydrogens is 100 g/mol. The fourth-order valence-electron chi connectivity index (χ4n) is 0.288. The van der Waals surface area contributed by atoms with Crippen LogP contribution < -0.4 is 5.84 Å². The van der Waals surface area contributed by atoms with Gasteiger partial charge in [0.1, 0.15) is 0 Å². The minimum absolute atomic E-state index is 0.836. The highest BCUT2D eigenvalue weighted by molar-refractivity contribution is 4.92. The van der Waals surface area contributed by atoms with Crippen molar-refractivity contribution < 1.29 is 0 Å². The Bertz CT molecular complexity index is 105. The molecule has 0 unspecified atom stereocenters. The summed E-state index contributed by atoms with van der Waals surface area (Å²) >= 11 is 0. The van der Waals surface area contributed by atoms with Crippen molar-refractivity contribution in [1.29, 1.82) is 0 Å². The molecule has 0 amide bonds. The van der Waals surface area contributed by atoms with Crippen LogP contribution in [0, 0.1) is 0 Å². The average Bonchev–Trinajstić information content (AvgIpc) is 1.67. The molecule has 2 heteroatoms. The van der Waals surface area contributed by atoms with E-state index < -0.39 is 0 Å². The van der Waals surface area contributed by atoms with Gasteiger partial charge in [-0.05, 0) is 13.8 Å². The number of hydrazine groups is 1. The minimum atomic E-state index is 0.836. The summed E-state index contributed by atoms with van der Waals surface area (Å²) in [7, 11) is 0. The van der Waals surface area contributed by atoms with Crippen molar-refractivity contribution in [2.24, 2.45) is 5.84 Å². The lowest BCUT2D eigenvalue weighted by Crippen LogP contribution is -2.21. The van der Waals surface area contributed by atoms with E-state index in [-0.39, 0.29) is 0 Å². The molecule has 0 aromatic rings. The fourth-order valence-corrected chi connectivity index (χ4v) is 0.288. The molecule has 0 radical (unpaired) electrons. The first-order valence-corrected chi connectivity index (χ1v) is 2.50. The highest BCUT2D eigenvalue weighted by Gasteiger charge is 1.85. The van der Waals surface area contributed by atoms with Crippen molar-refractivity contribution in [2.45, 2.75) is 13.8 Å². The normalized spacial score (nSPS) is 9.88. The van der Waals surface area contributed by atoms with E-state index in [2.05, 4.69) is 6.58 Å². The molecule has 0 aromatic heterocycles. The molecule has 0 rings (SSSR count). The maximum absolute atomic E-state index is 5.37. The SMILES string of the molecule is C=C(C)N(N)/C=C\C. The Kier molecular flexibility index (Phi) is 2.96. The monoisotopic (exact) mass is 112 g/mol. The number of hydrogen-bond donors (Lipinski definition) is 1. The summed E-state index contributed by atoms with van der Waals surface area (Å²) in [6, 6.07) is 0. The Balaban J connectivity index is 3.64. The Hall–Kier alpha value is -0.760. The highest BCUT2D eigenvalue weighted by atomic mass is 15.4. The van der Waals surface area contributed by atoms with E-state index in [1.54, 1.807) is 6.20 Å². The van der Waals surface area contributed by atoms with E-state index in [1.807, 2.05) is 19.9 Å². The largest absolute Gasteiger partial charge is 0.292 e. The molecule has 2 N–H and O–H groups in total. The molecule has 0 aliphatic heterocycles. The van der Waals surface area contributed by atoms with Crippen LogP contribution in [0.4, 0.5) is 0 Å². The van der Waals surface area contributed by atoms with E-state index in [4.69, 9.17) is 5.84 Å². The Morgan fingerprint density at radius 3 is 2.38 bits per heavy atom. The summed E-state index contributed by atoms with van der Waals surface area (Å²) in [4.78, 5) is 0. The Morgan fingerprint density at radius 2 is 2.25 bits per heavy atom. The molecule has 0 aliphatic carbocycles. The molecule has 0 heterocycles. The van der Waals surface area contributed by atoms with Gasteiger partial charge in [0, 0.05) is 11.9 Å². The third-order valence-electron chi connectivity index (χ3n) is 0.750. The molecule has 0 atom stereocenters. The second-order valence-electron chi connectivity index (χ2n) is 1.62. The summed E-state index contributed by atoms with van der Waals surface area (Å²) < 4.78 is 0. The third kappa shape index (κ3) is 2.42. The van der Waals surface area contributed by atoms with Crippen molar-refractivity contribution in [3.05, 3.63) is 24.6 Å². The van der Waals surface area contributed by atoms with Crippen molar-refractivity contribution in [3.63, 3.8) is 0 Å². The van der Waals surface area contributed by atoms with E-state index in [0.29, 0.717) is 0 Å². The summed E-state index contributed by atoms with van der Waals surface area (Å²) in [5, 5.41) is 1.47. The maximum atomic E-state index is 5.37. The first-order valence-electron chi connectivity index (χ1n) is 2.50. The van der Waals surface area contributed by atoms with Gasteiger partial charge in [-0.15, -0.1) is 0 Å². The third-order valence-corrected chi connectivity index (χ3v) is 0.750. The van der Waals surface area contributed by atoms with Crippen LogP contribution in [0.1, 0.15) is 13.8 Å². The molecule has 0 bridgehead atoms. The molecule has 0 spiro atoms. The second kappa shape index (κ2) is 3.27. The molecule has 0 saturated heterocycles. The number of nitrogens with zero attached hydrogens (tertiary/aromatic N) is 1. The van der Waals surface area contributed by atoms with E-state index in [0.717, 1.165) is 5.70 Å². The second-order valence-corrected chi connectivity index (χ2v) is 1.62. The molecule has 2 nitrogen and oxygen atoms in total. The van der Waals surface area contributed by atoms with Crippen LogP contribution >= 0.6 is 0 Å². The van der Waals surface area contributed by atoms with Gasteiger partial charge in [-0.2, -0.15) is 0 Å². The topological polar surface area (TPSA) is 29.3 Å². The zero-order valence-electron chi connectivity index (χ0n) is 5.39. The maximum Gasteiger partial charge on any atom is 0.0239 e. The lowest BCUT2D eigenvalue weighted by atomic mass is 10.5. The lowest BCUT2D eigenvalue weighted by molar-refractivity contribution is 0.495. The van der Waals surface area contributed by atoms with Gasteiger partial charge in [0.15, 0.2) is 0 Å². The van der Waals surface area contributed by atoms with Gasteiger partial charge in [-0.1, -0.05) is 12.7 Å². The van der Waals surface area contributed by atoms with Gasteiger partial charge in [0.2, 0.25) is 0 Å².